The molecule has 0 aliphatic rings. The summed E-state index contributed by atoms with van der Waals surface area (Å²) in [5, 5.41) is 0. The van der Waals surface area contributed by atoms with Gasteiger partial charge < -0.3 is 14.2 Å². The van der Waals surface area contributed by atoms with Crippen LogP contribution < -0.4 is 0 Å². The van der Waals surface area contributed by atoms with Crippen LogP contribution in [0.3, 0.4) is 0 Å². The predicted molar refractivity (Wildman–Crippen MR) is 321 cm³/mol. The Morgan fingerprint density at radius 3 is 0.851 bits per heavy atom. The van der Waals surface area contributed by atoms with Crippen molar-refractivity contribution in [3.05, 3.63) is 60.8 Å². The molecule has 0 rings (SSSR count). The van der Waals surface area contributed by atoms with E-state index in [1.54, 1.807) is 0 Å². The quantitative estimate of drug-likeness (QED) is 0.0261. The van der Waals surface area contributed by atoms with Gasteiger partial charge in [0.1, 0.15) is 13.2 Å². The first kappa shape index (κ1) is 71.1. The second-order valence-corrected chi connectivity index (χ2v) is 21.6. The number of esters is 3. The van der Waals surface area contributed by atoms with E-state index in [4.69, 9.17) is 14.2 Å². The standard InChI is InChI=1S/C68H122O6/c1-4-7-10-13-16-19-22-25-27-28-29-30-31-32-33-34-35-36-37-38-39-40-41-44-46-49-52-55-58-61-67(70)73-64-65(63-72-66(69)60-57-54-51-48-45-42-24-21-18-15-12-9-6-3)74-68(71)62-59-56-53-50-47-43-26-23-20-17-14-11-8-5-2/h9,12,18,21,23,26,28-29,42,45,65H,4-8,10-11,13-17,19-20,22,24-25,27,30-41,43-44,46-64H2,1-3H3/b12-9-,21-18-,26-23-,29-28-,45-42-. The summed E-state index contributed by atoms with van der Waals surface area (Å²) >= 11 is 0. The molecule has 0 bridgehead atoms. The molecular weight excluding hydrogens is 913 g/mol. The minimum absolute atomic E-state index is 0.0845. The fraction of sp³-hybridized carbons (Fsp3) is 0.809. The highest BCUT2D eigenvalue weighted by Crippen LogP contribution is 2.17. The first-order chi connectivity index (χ1) is 36.5. The topological polar surface area (TPSA) is 78.9 Å². The molecule has 0 aromatic carbocycles. The fourth-order valence-corrected chi connectivity index (χ4v) is 9.39. The predicted octanol–water partition coefficient (Wildman–Crippen LogP) is 21.9. The largest absolute Gasteiger partial charge is 0.462 e. The molecule has 0 saturated heterocycles. The average Bonchev–Trinajstić information content (AvgIpc) is 3.40. The summed E-state index contributed by atoms with van der Waals surface area (Å²) in [5.74, 6) is -0.909. The molecule has 0 fully saturated rings. The smallest absolute Gasteiger partial charge is 0.306 e. The normalized spacial score (nSPS) is 12.4. The monoisotopic (exact) mass is 1030 g/mol. The lowest BCUT2D eigenvalue weighted by Gasteiger charge is -2.18. The molecule has 430 valence electrons. The number of hydrogen-bond acceptors (Lipinski definition) is 6. The van der Waals surface area contributed by atoms with Crippen molar-refractivity contribution in [2.24, 2.45) is 0 Å². The molecule has 1 unspecified atom stereocenters. The minimum atomic E-state index is -0.789. The van der Waals surface area contributed by atoms with E-state index in [1.165, 1.54) is 199 Å². The minimum Gasteiger partial charge on any atom is -0.462 e. The Bertz CT molecular complexity index is 1330. The second kappa shape index (κ2) is 62.6. The molecule has 0 aromatic rings. The van der Waals surface area contributed by atoms with Gasteiger partial charge in [0.05, 0.1) is 0 Å². The first-order valence-electron chi connectivity index (χ1n) is 32.3. The van der Waals surface area contributed by atoms with E-state index >= 15 is 0 Å². The van der Waals surface area contributed by atoms with Crippen molar-refractivity contribution in [3.63, 3.8) is 0 Å². The summed E-state index contributed by atoms with van der Waals surface area (Å²) in [7, 11) is 0. The van der Waals surface area contributed by atoms with Crippen LogP contribution in [0.2, 0.25) is 0 Å². The second-order valence-electron chi connectivity index (χ2n) is 21.6. The molecule has 0 aliphatic carbocycles. The zero-order valence-corrected chi connectivity index (χ0v) is 49.4. The number of allylic oxidation sites excluding steroid dienone is 10. The van der Waals surface area contributed by atoms with Gasteiger partial charge in [-0.2, -0.15) is 0 Å². The van der Waals surface area contributed by atoms with E-state index in [0.717, 1.165) is 96.3 Å². The zero-order valence-electron chi connectivity index (χ0n) is 49.4. The zero-order chi connectivity index (χ0) is 53.6. The van der Waals surface area contributed by atoms with Crippen LogP contribution >= 0.6 is 0 Å². The lowest BCUT2D eigenvalue weighted by molar-refractivity contribution is -0.167. The van der Waals surface area contributed by atoms with E-state index in [-0.39, 0.29) is 31.1 Å². The summed E-state index contributed by atoms with van der Waals surface area (Å²) in [6.07, 6.45) is 79.7. The van der Waals surface area contributed by atoms with Crippen LogP contribution in [0.1, 0.15) is 335 Å². The molecular formula is C68H122O6. The maximum atomic E-state index is 12.9. The summed E-state index contributed by atoms with van der Waals surface area (Å²) in [6.45, 7) is 6.52. The molecule has 0 aliphatic heterocycles. The molecule has 0 spiro atoms. The Hall–Kier alpha value is -2.89. The SMILES string of the molecule is CC/C=C\C/C=C\C/C=C\CCCCCC(=O)OCC(COC(=O)CCCCCCCCCCCCCCCCCCC/C=C\CCCCCCCCCC)OC(=O)CCCCCCC/C=C\CCCCCCC. The van der Waals surface area contributed by atoms with Gasteiger partial charge in [-0.25, -0.2) is 0 Å². The van der Waals surface area contributed by atoms with Crippen molar-refractivity contribution in [1.29, 1.82) is 0 Å². The van der Waals surface area contributed by atoms with Gasteiger partial charge >= 0.3 is 17.9 Å². The van der Waals surface area contributed by atoms with E-state index < -0.39 is 6.10 Å². The van der Waals surface area contributed by atoms with Crippen LogP contribution in [0.15, 0.2) is 60.8 Å². The Morgan fingerprint density at radius 1 is 0.284 bits per heavy atom. The average molecular weight is 1040 g/mol. The van der Waals surface area contributed by atoms with Gasteiger partial charge in [0.15, 0.2) is 6.10 Å². The van der Waals surface area contributed by atoms with Crippen molar-refractivity contribution < 1.29 is 28.6 Å². The third-order valence-corrected chi connectivity index (χ3v) is 14.2. The summed E-state index contributed by atoms with van der Waals surface area (Å²) in [4.78, 5) is 38.2. The molecule has 0 heterocycles. The van der Waals surface area contributed by atoms with Gasteiger partial charge in [-0.05, 0) is 103 Å². The van der Waals surface area contributed by atoms with Crippen molar-refractivity contribution in [2.45, 2.75) is 341 Å². The highest BCUT2D eigenvalue weighted by atomic mass is 16.6. The molecule has 0 radical (unpaired) electrons. The molecule has 0 saturated carbocycles. The molecule has 0 aromatic heterocycles. The van der Waals surface area contributed by atoms with Crippen molar-refractivity contribution in [1.82, 2.24) is 0 Å². The van der Waals surface area contributed by atoms with Crippen molar-refractivity contribution in [2.75, 3.05) is 13.2 Å². The Morgan fingerprint density at radius 2 is 0.527 bits per heavy atom. The van der Waals surface area contributed by atoms with Gasteiger partial charge in [-0.15, -0.1) is 0 Å². The van der Waals surface area contributed by atoms with Crippen LogP contribution in [0.25, 0.3) is 0 Å². The Kier molecular flexibility index (Phi) is 60.2. The van der Waals surface area contributed by atoms with Gasteiger partial charge in [-0.3, -0.25) is 14.4 Å². The third kappa shape index (κ3) is 60.0. The molecule has 0 amide bonds. The highest BCUT2D eigenvalue weighted by Gasteiger charge is 2.19. The van der Waals surface area contributed by atoms with E-state index in [0.29, 0.717) is 19.3 Å². The van der Waals surface area contributed by atoms with Crippen LogP contribution in [-0.2, 0) is 28.6 Å². The Labute approximate surface area is 460 Å². The lowest BCUT2D eigenvalue weighted by Crippen LogP contribution is -2.30. The summed E-state index contributed by atoms with van der Waals surface area (Å²) < 4.78 is 16.9. The number of carbonyl (C=O) groups excluding carboxylic acids is 3. The van der Waals surface area contributed by atoms with Gasteiger partial charge in [-0.1, -0.05) is 274 Å². The maximum Gasteiger partial charge on any atom is 0.306 e. The molecule has 0 N–H and O–H groups in total. The molecule has 6 nitrogen and oxygen atoms in total. The van der Waals surface area contributed by atoms with Crippen molar-refractivity contribution >= 4 is 17.9 Å². The first-order valence-corrected chi connectivity index (χ1v) is 32.3. The molecule has 1 atom stereocenters. The third-order valence-electron chi connectivity index (χ3n) is 14.2. The maximum absolute atomic E-state index is 12.9. The van der Waals surface area contributed by atoms with Crippen LogP contribution in [0, 0.1) is 0 Å². The molecule has 74 heavy (non-hydrogen) atoms. The van der Waals surface area contributed by atoms with Crippen LogP contribution in [-0.4, -0.2) is 37.2 Å². The number of rotatable bonds is 59. The van der Waals surface area contributed by atoms with E-state index in [2.05, 4.69) is 81.5 Å². The van der Waals surface area contributed by atoms with E-state index in [9.17, 15) is 14.4 Å². The van der Waals surface area contributed by atoms with Gasteiger partial charge in [0, 0.05) is 19.3 Å². The van der Waals surface area contributed by atoms with E-state index in [1.807, 2.05) is 0 Å². The number of carbonyl (C=O) groups is 3. The molecule has 6 heteroatoms. The van der Waals surface area contributed by atoms with Crippen molar-refractivity contribution in [3.8, 4) is 0 Å². The fourth-order valence-electron chi connectivity index (χ4n) is 9.39. The van der Waals surface area contributed by atoms with Crippen LogP contribution in [0.5, 0.6) is 0 Å². The number of ether oxygens (including phenoxy) is 3. The lowest BCUT2D eigenvalue weighted by atomic mass is 10.0. The van der Waals surface area contributed by atoms with Gasteiger partial charge in [0.25, 0.3) is 0 Å². The summed E-state index contributed by atoms with van der Waals surface area (Å²) in [5.41, 5.74) is 0. The van der Waals surface area contributed by atoms with Crippen LogP contribution in [0.4, 0.5) is 0 Å². The van der Waals surface area contributed by atoms with Gasteiger partial charge in [0.2, 0.25) is 0 Å². The number of unbranched alkanes of at least 4 members (excludes halogenated alkanes) is 38. The highest BCUT2D eigenvalue weighted by molar-refractivity contribution is 5.71. The summed E-state index contributed by atoms with van der Waals surface area (Å²) in [6, 6.07) is 0. The Balaban J connectivity index is 4.17. The number of hydrogen-bond donors (Lipinski definition) is 0.